The molecule has 0 aromatic rings. The van der Waals surface area contributed by atoms with Gasteiger partial charge in [0.25, 0.3) is 0 Å². The largest absolute Gasteiger partial charge is 0.381 e. The summed E-state index contributed by atoms with van der Waals surface area (Å²) in [4.78, 5) is 2.29. The van der Waals surface area contributed by atoms with Crippen LogP contribution in [0.1, 0.15) is 32.6 Å². The predicted octanol–water partition coefficient (Wildman–Crippen LogP) is 1.50. The third-order valence-electron chi connectivity index (χ3n) is 4.53. The Hall–Kier alpha value is -0.160. The van der Waals surface area contributed by atoms with Crippen LogP contribution in [0.4, 0.5) is 0 Å². The first-order chi connectivity index (χ1) is 9.15. The maximum absolute atomic E-state index is 6.15. The normalized spacial score (nSPS) is 28.7. The topological polar surface area (TPSA) is 33.7 Å². The minimum absolute atomic E-state index is 0.112. The van der Waals surface area contributed by atoms with E-state index in [1.807, 2.05) is 0 Å². The molecule has 0 bridgehead atoms. The minimum atomic E-state index is 0.112. The van der Waals surface area contributed by atoms with Crippen molar-refractivity contribution in [2.45, 2.75) is 44.2 Å². The van der Waals surface area contributed by atoms with Gasteiger partial charge in [0.15, 0.2) is 0 Å². The number of nitrogens with one attached hydrogen (secondary N) is 1. The van der Waals surface area contributed by atoms with Gasteiger partial charge in [0.1, 0.15) is 0 Å². The highest BCUT2D eigenvalue weighted by Crippen LogP contribution is 2.38. The highest BCUT2D eigenvalue weighted by atomic mass is 16.5. The van der Waals surface area contributed by atoms with Gasteiger partial charge >= 0.3 is 0 Å². The lowest BCUT2D eigenvalue weighted by Gasteiger charge is -2.45. The molecule has 0 amide bonds. The van der Waals surface area contributed by atoms with Crippen molar-refractivity contribution in [1.82, 2.24) is 10.2 Å². The minimum Gasteiger partial charge on any atom is -0.381 e. The Bertz CT molecular complexity index is 259. The van der Waals surface area contributed by atoms with Gasteiger partial charge < -0.3 is 19.7 Å². The Balaban J connectivity index is 1.97. The molecule has 2 unspecified atom stereocenters. The number of ether oxygens (including phenoxy) is 2. The van der Waals surface area contributed by atoms with Crippen molar-refractivity contribution in [3.05, 3.63) is 0 Å². The molecular weight excluding hydrogens is 240 g/mol. The molecule has 0 aromatic carbocycles. The van der Waals surface area contributed by atoms with Crippen LogP contribution in [-0.4, -0.2) is 63.5 Å². The van der Waals surface area contributed by atoms with Crippen molar-refractivity contribution in [3.8, 4) is 0 Å². The molecule has 2 rings (SSSR count). The zero-order valence-corrected chi connectivity index (χ0v) is 12.8. The molecule has 4 heteroatoms. The van der Waals surface area contributed by atoms with Crippen LogP contribution in [0.15, 0.2) is 0 Å². The number of likely N-dealkylation sites (N-methyl/N-ethyl adjacent to an activating group) is 2. The molecule has 0 aliphatic carbocycles. The van der Waals surface area contributed by atoms with Crippen LogP contribution in [0.3, 0.4) is 0 Å². The quantitative estimate of drug-likeness (QED) is 0.821. The molecule has 2 fully saturated rings. The first kappa shape index (κ1) is 15.2. The summed E-state index contributed by atoms with van der Waals surface area (Å²) in [6.45, 7) is 7.02. The lowest BCUT2D eigenvalue weighted by molar-refractivity contribution is -0.150. The van der Waals surface area contributed by atoms with Crippen LogP contribution >= 0.6 is 0 Å². The van der Waals surface area contributed by atoms with E-state index in [2.05, 4.69) is 31.2 Å². The van der Waals surface area contributed by atoms with Gasteiger partial charge in [0, 0.05) is 32.4 Å². The van der Waals surface area contributed by atoms with E-state index in [0.717, 1.165) is 51.7 Å². The van der Waals surface area contributed by atoms with Crippen LogP contribution in [0, 0.1) is 5.92 Å². The van der Waals surface area contributed by atoms with Gasteiger partial charge in [0.2, 0.25) is 0 Å². The summed E-state index contributed by atoms with van der Waals surface area (Å²) in [5.74, 6) is 0.731. The smallest absolute Gasteiger partial charge is 0.0729 e. The maximum atomic E-state index is 6.15. The van der Waals surface area contributed by atoms with Gasteiger partial charge in [-0.25, -0.2) is 0 Å². The predicted molar refractivity (Wildman–Crippen MR) is 77.5 cm³/mol. The fraction of sp³-hybridized carbons (Fsp3) is 1.00. The molecule has 112 valence electrons. The maximum Gasteiger partial charge on any atom is 0.0729 e. The van der Waals surface area contributed by atoms with Crippen molar-refractivity contribution < 1.29 is 9.47 Å². The van der Waals surface area contributed by atoms with Gasteiger partial charge in [-0.05, 0) is 52.2 Å². The summed E-state index contributed by atoms with van der Waals surface area (Å²) >= 11 is 0. The first-order valence-corrected chi connectivity index (χ1v) is 7.75. The van der Waals surface area contributed by atoms with Crippen LogP contribution in [0.25, 0.3) is 0 Å². The molecule has 2 heterocycles. The molecule has 4 nitrogen and oxygen atoms in total. The fourth-order valence-corrected chi connectivity index (χ4v) is 3.54. The summed E-state index contributed by atoms with van der Waals surface area (Å²) in [5, 5.41) is 3.68. The van der Waals surface area contributed by atoms with E-state index >= 15 is 0 Å². The molecule has 0 radical (unpaired) electrons. The molecule has 0 saturated carbocycles. The number of hydrogen-bond acceptors (Lipinski definition) is 4. The average molecular weight is 270 g/mol. The molecule has 2 aliphatic rings. The molecule has 1 N–H and O–H groups in total. The van der Waals surface area contributed by atoms with Crippen molar-refractivity contribution in [1.29, 1.82) is 0 Å². The van der Waals surface area contributed by atoms with Gasteiger partial charge in [0.05, 0.1) is 5.60 Å². The second-order valence-corrected chi connectivity index (χ2v) is 6.32. The molecule has 2 atom stereocenters. The Morgan fingerprint density at radius 2 is 2.00 bits per heavy atom. The van der Waals surface area contributed by atoms with Crippen LogP contribution < -0.4 is 5.32 Å². The standard InChI is InChI=1S/C15H30N2O2/c1-4-16-14(12-17(2)3)13-5-8-19-15(11-13)6-9-18-10-7-15/h13-14,16H,4-12H2,1-3H3. The second kappa shape index (κ2) is 7.02. The SMILES string of the molecule is CCNC(CN(C)C)C1CCOC2(CCOCC2)C1. The van der Waals surface area contributed by atoms with E-state index in [9.17, 15) is 0 Å². The molecule has 2 aliphatic heterocycles. The summed E-state index contributed by atoms with van der Waals surface area (Å²) in [7, 11) is 4.32. The van der Waals surface area contributed by atoms with E-state index in [1.165, 1.54) is 12.8 Å². The average Bonchev–Trinajstić information content (AvgIpc) is 2.39. The Labute approximate surface area is 117 Å². The highest BCUT2D eigenvalue weighted by Gasteiger charge is 2.41. The summed E-state index contributed by atoms with van der Waals surface area (Å²) in [6.07, 6.45) is 4.53. The fourth-order valence-electron chi connectivity index (χ4n) is 3.54. The molecular formula is C15H30N2O2. The molecule has 1 spiro atoms. The van der Waals surface area contributed by atoms with Crippen LogP contribution in [-0.2, 0) is 9.47 Å². The lowest BCUT2D eigenvalue weighted by atomic mass is 9.77. The zero-order chi connectivity index (χ0) is 13.7. The van der Waals surface area contributed by atoms with Crippen molar-refractivity contribution in [2.75, 3.05) is 47.0 Å². The monoisotopic (exact) mass is 270 g/mol. The Morgan fingerprint density at radius 3 is 2.63 bits per heavy atom. The van der Waals surface area contributed by atoms with Crippen molar-refractivity contribution in [2.24, 2.45) is 5.92 Å². The van der Waals surface area contributed by atoms with E-state index in [4.69, 9.17) is 9.47 Å². The van der Waals surface area contributed by atoms with E-state index in [1.54, 1.807) is 0 Å². The lowest BCUT2D eigenvalue weighted by Crippen LogP contribution is -2.51. The molecule has 19 heavy (non-hydrogen) atoms. The molecule has 0 aromatic heterocycles. The Kier molecular flexibility index (Phi) is 5.63. The number of rotatable bonds is 5. The first-order valence-electron chi connectivity index (χ1n) is 7.75. The molecule has 2 saturated heterocycles. The van der Waals surface area contributed by atoms with Crippen molar-refractivity contribution >= 4 is 0 Å². The summed E-state index contributed by atoms with van der Waals surface area (Å²) in [6, 6.07) is 0.587. The van der Waals surface area contributed by atoms with E-state index in [0.29, 0.717) is 6.04 Å². The highest BCUT2D eigenvalue weighted by molar-refractivity contribution is 4.93. The van der Waals surface area contributed by atoms with Crippen LogP contribution in [0.5, 0.6) is 0 Å². The van der Waals surface area contributed by atoms with Gasteiger partial charge in [-0.3, -0.25) is 0 Å². The number of nitrogens with zero attached hydrogens (tertiary/aromatic N) is 1. The van der Waals surface area contributed by atoms with Crippen molar-refractivity contribution in [3.63, 3.8) is 0 Å². The van der Waals surface area contributed by atoms with Gasteiger partial charge in [-0.2, -0.15) is 0 Å². The van der Waals surface area contributed by atoms with E-state index < -0.39 is 0 Å². The third-order valence-corrected chi connectivity index (χ3v) is 4.53. The Morgan fingerprint density at radius 1 is 1.26 bits per heavy atom. The van der Waals surface area contributed by atoms with Crippen LogP contribution in [0.2, 0.25) is 0 Å². The zero-order valence-electron chi connectivity index (χ0n) is 12.8. The third kappa shape index (κ3) is 4.15. The number of hydrogen-bond donors (Lipinski definition) is 1. The second-order valence-electron chi connectivity index (χ2n) is 6.32. The summed E-state index contributed by atoms with van der Waals surface area (Å²) in [5.41, 5.74) is 0.112. The van der Waals surface area contributed by atoms with Gasteiger partial charge in [-0.15, -0.1) is 0 Å². The van der Waals surface area contributed by atoms with Gasteiger partial charge in [-0.1, -0.05) is 6.92 Å². The van der Waals surface area contributed by atoms with E-state index in [-0.39, 0.29) is 5.60 Å². The summed E-state index contributed by atoms with van der Waals surface area (Å²) < 4.78 is 11.6.